The Morgan fingerprint density at radius 2 is 1.91 bits per heavy atom. The second kappa shape index (κ2) is 7.67. The molecule has 2 aromatic rings. The minimum Gasteiger partial charge on any atom is -0.493 e. The van der Waals surface area contributed by atoms with Gasteiger partial charge in [0, 0.05) is 5.56 Å². The first-order valence-corrected chi connectivity index (χ1v) is 6.86. The molecule has 1 heterocycles. The summed E-state index contributed by atoms with van der Waals surface area (Å²) in [5.41, 5.74) is 6.66. The molecule has 22 heavy (non-hydrogen) atoms. The fraction of sp³-hybridized carbons (Fsp3) is 0.429. The first-order valence-electron chi connectivity index (χ1n) is 6.49. The van der Waals surface area contributed by atoms with Crippen LogP contribution in [0.4, 0.5) is 0 Å². The van der Waals surface area contributed by atoms with Crippen molar-refractivity contribution in [1.82, 2.24) is 10.1 Å². The molecule has 1 aromatic heterocycles. The van der Waals surface area contributed by atoms with Crippen LogP contribution in [0.5, 0.6) is 11.5 Å². The van der Waals surface area contributed by atoms with Crippen LogP contribution in [-0.2, 0) is 0 Å². The van der Waals surface area contributed by atoms with Crippen molar-refractivity contribution in [3.05, 3.63) is 23.0 Å². The Morgan fingerprint density at radius 1 is 1.23 bits per heavy atom. The van der Waals surface area contributed by atoms with E-state index in [4.69, 9.17) is 31.3 Å². The van der Waals surface area contributed by atoms with Gasteiger partial charge in [-0.2, -0.15) is 4.98 Å². The lowest BCUT2D eigenvalue weighted by molar-refractivity contribution is 0.325. The van der Waals surface area contributed by atoms with E-state index < -0.39 is 0 Å². The van der Waals surface area contributed by atoms with Crippen molar-refractivity contribution in [3.63, 3.8) is 0 Å². The summed E-state index contributed by atoms with van der Waals surface area (Å²) in [4.78, 5) is 4.32. The molecule has 0 bridgehead atoms. The summed E-state index contributed by atoms with van der Waals surface area (Å²) >= 11 is 6.17. The Hall–Kier alpha value is -1.50. The number of benzene rings is 1. The molecule has 0 unspecified atom stereocenters. The molecule has 1 aromatic carbocycles. The van der Waals surface area contributed by atoms with Gasteiger partial charge in [-0.15, -0.1) is 12.4 Å². The van der Waals surface area contributed by atoms with Crippen LogP contribution in [-0.4, -0.2) is 24.4 Å². The predicted octanol–water partition coefficient (Wildman–Crippen LogP) is 3.48. The average molecular weight is 348 g/mol. The zero-order valence-electron chi connectivity index (χ0n) is 12.8. The molecule has 1 atom stereocenters. The number of rotatable bonds is 5. The normalized spacial score (nSPS) is 12.0. The van der Waals surface area contributed by atoms with Crippen LogP contribution < -0.4 is 15.2 Å². The van der Waals surface area contributed by atoms with E-state index in [1.807, 2.05) is 13.8 Å². The van der Waals surface area contributed by atoms with Crippen LogP contribution in [0.25, 0.3) is 11.4 Å². The minimum atomic E-state index is -0.304. The molecule has 0 radical (unpaired) electrons. The summed E-state index contributed by atoms with van der Waals surface area (Å²) < 4.78 is 15.7. The quantitative estimate of drug-likeness (QED) is 0.891. The van der Waals surface area contributed by atoms with Gasteiger partial charge in [-0.05, 0) is 18.1 Å². The topological polar surface area (TPSA) is 83.4 Å². The van der Waals surface area contributed by atoms with Crippen molar-refractivity contribution >= 4 is 24.0 Å². The molecule has 0 aliphatic heterocycles. The fourth-order valence-electron chi connectivity index (χ4n) is 1.82. The second-order valence-corrected chi connectivity index (χ2v) is 5.33. The number of hydrogen-bond acceptors (Lipinski definition) is 6. The van der Waals surface area contributed by atoms with Crippen LogP contribution >= 0.6 is 24.0 Å². The van der Waals surface area contributed by atoms with Gasteiger partial charge in [-0.25, -0.2) is 0 Å². The van der Waals surface area contributed by atoms with E-state index in [2.05, 4.69) is 10.1 Å². The van der Waals surface area contributed by atoms with E-state index in [1.165, 1.54) is 14.2 Å². The number of aromatic nitrogens is 2. The van der Waals surface area contributed by atoms with Crippen molar-refractivity contribution in [2.24, 2.45) is 11.7 Å². The number of hydrogen-bond donors (Lipinski definition) is 1. The number of nitrogens with two attached hydrogens (primary N) is 1. The molecule has 6 nitrogen and oxygen atoms in total. The smallest absolute Gasteiger partial charge is 0.244 e. The van der Waals surface area contributed by atoms with E-state index in [9.17, 15) is 0 Å². The van der Waals surface area contributed by atoms with Gasteiger partial charge in [0.05, 0.1) is 25.3 Å². The summed E-state index contributed by atoms with van der Waals surface area (Å²) in [5, 5.41) is 4.35. The van der Waals surface area contributed by atoms with Gasteiger partial charge in [0.1, 0.15) is 0 Å². The number of ether oxygens (including phenoxy) is 2. The Labute approximate surface area is 140 Å². The molecule has 122 valence electrons. The third-order valence-corrected chi connectivity index (χ3v) is 3.42. The van der Waals surface area contributed by atoms with E-state index in [-0.39, 0.29) is 24.4 Å². The zero-order valence-corrected chi connectivity index (χ0v) is 14.4. The molecular formula is C14H19Cl2N3O3. The lowest BCUT2D eigenvalue weighted by atomic mass is 10.1. The van der Waals surface area contributed by atoms with E-state index >= 15 is 0 Å². The standard InChI is InChI=1S/C14H18ClN3O3.ClH/c1-7(2)11(16)14-17-13(18-21-14)8-5-9(15)12(20-4)10(6-8)19-3;/h5-7,11H,16H2,1-4H3;1H/t11-;/m1./s1. The van der Waals surface area contributed by atoms with Gasteiger partial charge in [0.2, 0.25) is 11.7 Å². The van der Waals surface area contributed by atoms with E-state index in [0.29, 0.717) is 33.8 Å². The summed E-state index contributed by atoms with van der Waals surface area (Å²) in [7, 11) is 3.06. The molecule has 0 aliphatic rings. The van der Waals surface area contributed by atoms with Gasteiger partial charge >= 0.3 is 0 Å². The van der Waals surface area contributed by atoms with Crippen molar-refractivity contribution in [2.75, 3.05) is 14.2 Å². The molecule has 0 amide bonds. The molecule has 8 heteroatoms. The lowest BCUT2D eigenvalue weighted by Crippen LogP contribution is -2.16. The first-order chi connectivity index (χ1) is 9.97. The van der Waals surface area contributed by atoms with Crippen molar-refractivity contribution in [2.45, 2.75) is 19.9 Å². The Balaban J connectivity index is 0.00000242. The molecule has 0 fully saturated rings. The van der Waals surface area contributed by atoms with Crippen molar-refractivity contribution in [3.8, 4) is 22.9 Å². The maximum Gasteiger partial charge on any atom is 0.244 e. The lowest BCUT2D eigenvalue weighted by Gasteiger charge is -2.10. The van der Waals surface area contributed by atoms with Crippen LogP contribution in [0.2, 0.25) is 5.02 Å². The van der Waals surface area contributed by atoms with Gasteiger partial charge in [0.25, 0.3) is 0 Å². The van der Waals surface area contributed by atoms with Crippen molar-refractivity contribution < 1.29 is 14.0 Å². The Morgan fingerprint density at radius 3 is 2.45 bits per heavy atom. The highest BCUT2D eigenvalue weighted by atomic mass is 35.5. The Kier molecular flexibility index (Phi) is 6.47. The highest BCUT2D eigenvalue weighted by molar-refractivity contribution is 6.32. The van der Waals surface area contributed by atoms with Crippen LogP contribution in [0, 0.1) is 5.92 Å². The second-order valence-electron chi connectivity index (χ2n) is 4.92. The van der Waals surface area contributed by atoms with Gasteiger partial charge < -0.3 is 19.7 Å². The van der Waals surface area contributed by atoms with Crippen LogP contribution in [0.15, 0.2) is 16.7 Å². The summed E-state index contributed by atoms with van der Waals surface area (Å²) in [5.74, 6) is 1.96. The first kappa shape index (κ1) is 18.5. The molecule has 0 aliphatic carbocycles. The fourth-order valence-corrected chi connectivity index (χ4v) is 2.11. The van der Waals surface area contributed by atoms with Gasteiger partial charge in [-0.1, -0.05) is 30.6 Å². The zero-order chi connectivity index (χ0) is 15.6. The largest absolute Gasteiger partial charge is 0.493 e. The summed E-state index contributed by atoms with van der Waals surface area (Å²) in [6.07, 6.45) is 0. The molecule has 0 saturated carbocycles. The number of methoxy groups -OCH3 is 2. The van der Waals surface area contributed by atoms with Crippen LogP contribution in [0.3, 0.4) is 0 Å². The average Bonchev–Trinajstić information content (AvgIpc) is 2.95. The van der Waals surface area contributed by atoms with E-state index in [0.717, 1.165) is 0 Å². The highest BCUT2D eigenvalue weighted by Gasteiger charge is 2.20. The van der Waals surface area contributed by atoms with Crippen molar-refractivity contribution in [1.29, 1.82) is 0 Å². The molecule has 0 spiro atoms. The molecule has 2 N–H and O–H groups in total. The van der Waals surface area contributed by atoms with E-state index in [1.54, 1.807) is 12.1 Å². The maximum absolute atomic E-state index is 6.17. The minimum absolute atomic E-state index is 0. The van der Waals surface area contributed by atoms with Crippen LogP contribution in [0.1, 0.15) is 25.8 Å². The molecule has 0 saturated heterocycles. The highest BCUT2D eigenvalue weighted by Crippen LogP contribution is 2.38. The Bertz CT molecular complexity index is 632. The monoisotopic (exact) mass is 347 g/mol. The number of nitrogens with zero attached hydrogens (tertiary/aromatic N) is 2. The maximum atomic E-state index is 6.17. The third-order valence-electron chi connectivity index (χ3n) is 3.14. The SMILES string of the molecule is COc1cc(-c2noc([C@H](N)C(C)C)n2)cc(Cl)c1OC.Cl. The molecular weight excluding hydrogens is 329 g/mol. The summed E-state index contributed by atoms with van der Waals surface area (Å²) in [6.45, 7) is 3.98. The number of halogens is 2. The van der Waals surface area contributed by atoms with Gasteiger partial charge in [0.15, 0.2) is 11.5 Å². The predicted molar refractivity (Wildman–Crippen MR) is 86.9 cm³/mol. The summed E-state index contributed by atoms with van der Waals surface area (Å²) in [6, 6.07) is 3.13. The third kappa shape index (κ3) is 3.63. The molecule has 2 rings (SSSR count). The van der Waals surface area contributed by atoms with Gasteiger partial charge in [-0.3, -0.25) is 0 Å².